The lowest BCUT2D eigenvalue weighted by atomic mass is 10.2. The Morgan fingerprint density at radius 1 is 1.25 bits per heavy atom. The van der Waals surface area contributed by atoms with Crippen LogP contribution in [0.1, 0.15) is 24.6 Å². The fourth-order valence-electron chi connectivity index (χ4n) is 2.34. The second kappa shape index (κ2) is 6.98. The van der Waals surface area contributed by atoms with Crippen LogP contribution in [0.3, 0.4) is 0 Å². The number of alkyl halides is 3. The van der Waals surface area contributed by atoms with Crippen LogP contribution in [0.25, 0.3) is 11.4 Å². The topological polar surface area (TPSA) is 103 Å². The normalized spacial score (nSPS) is 13.6. The molecule has 0 radical (unpaired) electrons. The largest absolute Gasteiger partial charge is 0.435 e. The molecule has 2 heterocycles. The van der Waals surface area contributed by atoms with Gasteiger partial charge in [0.25, 0.3) is 10.0 Å². The Hall–Kier alpha value is -2.80. The number of sulfonamides is 1. The van der Waals surface area contributed by atoms with Crippen LogP contribution in [0.5, 0.6) is 0 Å². The Labute approximate surface area is 156 Å². The first-order chi connectivity index (χ1) is 13.0. The average molecular weight is 419 g/mol. The van der Waals surface area contributed by atoms with E-state index >= 15 is 0 Å². The number of rotatable bonds is 5. The minimum atomic E-state index is -4.79. The number of nitrogens with zero attached hydrogens (tertiary/aromatic N) is 4. The molecular weight excluding hydrogens is 406 g/mol. The van der Waals surface area contributed by atoms with Crippen molar-refractivity contribution in [2.75, 3.05) is 0 Å². The zero-order valence-electron chi connectivity index (χ0n) is 14.4. The van der Waals surface area contributed by atoms with Gasteiger partial charge in [0.15, 0.2) is 10.7 Å². The number of aromatic nitrogens is 4. The summed E-state index contributed by atoms with van der Waals surface area (Å²) in [5.41, 5.74) is -1.03. The van der Waals surface area contributed by atoms with E-state index < -0.39 is 38.8 Å². The van der Waals surface area contributed by atoms with Crippen molar-refractivity contribution in [3.05, 3.63) is 47.7 Å². The van der Waals surface area contributed by atoms with Gasteiger partial charge < -0.3 is 4.52 Å². The molecule has 13 heteroatoms. The number of nitrogens with one attached hydrogen (secondary N) is 1. The highest BCUT2D eigenvalue weighted by Crippen LogP contribution is 2.30. The molecule has 3 aromatic rings. The van der Waals surface area contributed by atoms with Gasteiger partial charge in [0.05, 0.1) is 6.04 Å². The molecule has 3 rings (SSSR count). The van der Waals surface area contributed by atoms with E-state index in [0.717, 1.165) is 13.1 Å². The maximum atomic E-state index is 13.3. The van der Waals surface area contributed by atoms with Gasteiger partial charge in [-0.05, 0) is 19.1 Å². The minimum absolute atomic E-state index is 0.0282. The number of hydrogen-bond donors (Lipinski definition) is 1. The summed E-state index contributed by atoms with van der Waals surface area (Å²) >= 11 is 0. The van der Waals surface area contributed by atoms with Crippen molar-refractivity contribution in [2.45, 2.75) is 24.2 Å². The summed E-state index contributed by atoms with van der Waals surface area (Å²) in [7, 11) is -3.30. The number of hydrogen-bond acceptors (Lipinski definition) is 6. The predicted octanol–water partition coefficient (Wildman–Crippen LogP) is 2.67. The number of halogens is 4. The van der Waals surface area contributed by atoms with Crippen molar-refractivity contribution in [2.24, 2.45) is 7.05 Å². The molecule has 1 aromatic carbocycles. The van der Waals surface area contributed by atoms with Crippen molar-refractivity contribution in [1.82, 2.24) is 24.6 Å². The van der Waals surface area contributed by atoms with Crippen LogP contribution >= 0.6 is 0 Å². The summed E-state index contributed by atoms with van der Waals surface area (Å²) in [5.74, 6) is -0.643. The average Bonchev–Trinajstić information content (AvgIpc) is 3.21. The summed E-state index contributed by atoms with van der Waals surface area (Å²) in [5, 5.41) is 6.13. The Balaban J connectivity index is 1.83. The molecule has 0 saturated carbocycles. The summed E-state index contributed by atoms with van der Waals surface area (Å²) in [4.78, 5) is 3.99. The number of aryl methyl sites for hydroxylation is 1. The second-order valence-corrected chi connectivity index (χ2v) is 7.46. The van der Waals surface area contributed by atoms with Gasteiger partial charge in [0.1, 0.15) is 5.82 Å². The molecule has 0 saturated heterocycles. The molecular formula is C15H13F4N5O3S. The first kappa shape index (κ1) is 19.9. The minimum Gasteiger partial charge on any atom is -0.337 e. The lowest BCUT2D eigenvalue weighted by molar-refractivity contribution is -0.141. The Morgan fingerprint density at radius 2 is 1.96 bits per heavy atom. The molecule has 1 N–H and O–H groups in total. The second-order valence-electron chi connectivity index (χ2n) is 5.80. The first-order valence-corrected chi connectivity index (χ1v) is 9.19. The van der Waals surface area contributed by atoms with Gasteiger partial charge in [-0.15, -0.1) is 0 Å². The molecule has 0 fully saturated rings. The van der Waals surface area contributed by atoms with E-state index in [1.54, 1.807) is 0 Å². The molecule has 0 aliphatic rings. The molecule has 0 bridgehead atoms. The van der Waals surface area contributed by atoms with Gasteiger partial charge in [-0.25, -0.2) is 12.8 Å². The van der Waals surface area contributed by atoms with E-state index in [9.17, 15) is 26.0 Å². The Kier molecular flexibility index (Phi) is 4.97. The van der Waals surface area contributed by atoms with Crippen LogP contribution in [0.4, 0.5) is 17.6 Å². The maximum Gasteiger partial charge on any atom is 0.435 e. The third-order valence-electron chi connectivity index (χ3n) is 3.63. The van der Waals surface area contributed by atoms with Crippen molar-refractivity contribution >= 4 is 10.0 Å². The standard InChI is InChI=1S/C15H13F4N5O3S/c1-8(14-20-13(22-27-14)9-4-3-5-10(16)6-9)23-28(25,26)12-7-11(15(17,18)19)21-24(12)2/h3-8,23H,1-2H3/t8-/m0/s1. The van der Waals surface area contributed by atoms with Gasteiger partial charge in [-0.1, -0.05) is 17.3 Å². The Morgan fingerprint density at radius 3 is 2.57 bits per heavy atom. The van der Waals surface area contributed by atoms with Crippen LogP contribution in [0, 0.1) is 5.82 Å². The highest BCUT2D eigenvalue weighted by Gasteiger charge is 2.37. The van der Waals surface area contributed by atoms with Crippen LogP contribution < -0.4 is 4.72 Å². The van der Waals surface area contributed by atoms with Crippen LogP contribution in [-0.2, 0) is 23.2 Å². The molecule has 8 nitrogen and oxygen atoms in total. The van der Waals surface area contributed by atoms with Gasteiger partial charge in [-0.2, -0.15) is 28.0 Å². The van der Waals surface area contributed by atoms with Crippen molar-refractivity contribution in [3.8, 4) is 11.4 Å². The van der Waals surface area contributed by atoms with E-state index in [4.69, 9.17) is 4.52 Å². The fraction of sp³-hybridized carbons (Fsp3) is 0.267. The van der Waals surface area contributed by atoms with E-state index in [0.29, 0.717) is 16.3 Å². The predicted molar refractivity (Wildman–Crippen MR) is 86.6 cm³/mol. The maximum absolute atomic E-state index is 13.3. The van der Waals surface area contributed by atoms with Gasteiger partial charge >= 0.3 is 6.18 Å². The molecule has 0 unspecified atom stereocenters. The van der Waals surface area contributed by atoms with Crippen LogP contribution in [-0.4, -0.2) is 28.3 Å². The number of benzene rings is 1. The zero-order valence-corrected chi connectivity index (χ0v) is 15.2. The molecule has 0 spiro atoms. The smallest absolute Gasteiger partial charge is 0.337 e. The molecule has 0 amide bonds. The van der Waals surface area contributed by atoms with Crippen molar-refractivity contribution in [3.63, 3.8) is 0 Å². The van der Waals surface area contributed by atoms with E-state index in [2.05, 4.69) is 20.0 Å². The molecule has 2 aromatic heterocycles. The summed E-state index contributed by atoms with van der Waals surface area (Å²) in [6.07, 6.45) is -4.79. The Bertz CT molecular complexity index is 1110. The zero-order chi connectivity index (χ0) is 20.7. The molecule has 28 heavy (non-hydrogen) atoms. The van der Waals surface area contributed by atoms with E-state index in [-0.39, 0.29) is 11.7 Å². The quantitative estimate of drug-likeness (QED) is 0.638. The van der Waals surface area contributed by atoms with Crippen molar-refractivity contribution < 1.29 is 30.5 Å². The fourth-order valence-corrected chi connectivity index (χ4v) is 3.68. The molecule has 1 atom stereocenters. The third-order valence-corrected chi connectivity index (χ3v) is 5.23. The SMILES string of the molecule is C[C@H](NS(=O)(=O)c1cc(C(F)(F)F)nn1C)c1nc(-c2cccc(F)c2)no1. The molecule has 150 valence electrons. The molecule has 0 aliphatic carbocycles. The molecule has 0 aliphatic heterocycles. The van der Waals surface area contributed by atoms with E-state index in [1.807, 2.05) is 0 Å². The summed E-state index contributed by atoms with van der Waals surface area (Å²) in [6.45, 7) is 1.36. The monoisotopic (exact) mass is 419 g/mol. The van der Waals surface area contributed by atoms with Gasteiger partial charge in [0.2, 0.25) is 11.7 Å². The lowest BCUT2D eigenvalue weighted by Gasteiger charge is -2.10. The summed E-state index contributed by atoms with van der Waals surface area (Å²) < 4.78 is 84.1. The summed E-state index contributed by atoms with van der Waals surface area (Å²) in [6, 6.07) is 4.71. The lowest BCUT2D eigenvalue weighted by Crippen LogP contribution is -2.28. The van der Waals surface area contributed by atoms with Crippen LogP contribution in [0.15, 0.2) is 39.9 Å². The van der Waals surface area contributed by atoms with Gasteiger partial charge in [-0.3, -0.25) is 4.68 Å². The highest BCUT2D eigenvalue weighted by atomic mass is 32.2. The highest BCUT2D eigenvalue weighted by molar-refractivity contribution is 7.89. The van der Waals surface area contributed by atoms with Crippen molar-refractivity contribution in [1.29, 1.82) is 0 Å². The third kappa shape index (κ3) is 4.04. The first-order valence-electron chi connectivity index (χ1n) is 7.70. The van der Waals surface area contributed by atoms with Crippen LogP contribution in [0.2, 0.25) is 0 Å². The van der Waals surface area contributed by atoms with E-state index in [1.165, 1.54) is 25.1 Å². The van der Waals surface area contributed by atoms with Gasteiger partial charge in [0, 0.05) is 18.7 Å².